The Labute approximate surface area is 149 Å². The van der Waals surface area contributed by atoms with E-state index in [2.05, 4.69) is 16.3 Å². The van der Waals surface area contributed by atoms with E-state index in [9.17, 15) is 10.1 Å². The maximum absolute atomic E-state index is 13.0. The number of nitriles is 1. The molecule has 0 radical (unpaired) electrons. The van der Waals surface area contributed by atoms with Gasteiger partial charge >= 0.3 is 0 Å². The van der Waals surface area contributed by atoms with Gasteiger partial charge in [0, 0.05) is 12.6 Å². The molecule has 0 unspecified atom stereocenters. The first-order chi connectivity index (χ1) is 12.2. The molecule has 1 aliphatic carbocycles. The van der Waals surface area contributed by atoms with Gasteiger partial charge in [0.2, 0.25) is 0 Å². The van der Waals surface area contributed by atoms with Gasteiger partial charge in [0.1, 0.15) is 0 Å². The van der Waals surface area contributed by atoms with Crippen LogP contribution in [0, 0.1) is 11.3 Å². The number of hydrogen-bond acceptors (Lipinski definition) is 5. The smallest absolute Gasteiger partial charge is 0.197 e. The second-order valence-electron chi connectivity index (χ2n) is 6.21. The van der Waals surface area contributed by atoms with Crippen LogP contribution in [-0.2, 0) is 7.05 Å². The van der Waals surface area contributed by atoms with Gasteiger partial charge in [-0.05, 0) is 35.8 Å². The van der Waals surface area contributed by atoms with Gasteiger partial charge in [0.05, 0.1) is 10.9 Å². The molecule has 1 aromatic carbocycles. The van der Waals surface area contributed by atoms with Crippen molar-refractivity contribution in [3.63, 3.8) is 0 Å². The summed E-state index contributed by atoms with van der Waals surface area (Å²) in [4.78, 5) is 13.7. The normalized spacial score (nSPS) is 14.9. The molecule has 0 spiro atoms. The van der Waals surface area contributed by atoms with Gasteiger partial charge in [-0.3, -0.25) is 4.79 Å². The van der Waals surface area contributed by atoms with Crippen LogP contribution in [0.3, 0.4) is 0 Å². The van der Waals surface area contributed by atoms with Crippen molar-refractivity contribution in [1.29, 1.82) is 5.26 Å². The number of rotatable bonds is 5. The minimum absolute atomic E-state index is 0.172. The highest BCUT2D eigenvalue weighted by Gasteiger charge is 2.34. The molecule has 5 nitrogen and oxygen atoms in total. The van der Waals surface area contributed by atoms with Crippen molar-refractivity contribution >= 4 is 17.1 Å². The van der Waals surface area contributed by atoms with Crippen LogP contribution >= 0.6 is 11.3 Å². The number of carbonyl (C=O) groups is 1. The largest absolute Gasteiger partial charge is 0.313 e. The number of Topliss-reactive ketones (excluding diaryl/α,β-unsaturated/α-hetero) is 1. The van der Waals surface area contributed by atoms with E-state index in [0.29, 0.717) is 22.4 Å². The second-order valence-corrected chi connectivity index (χ2v) is 7.13. The summed E-state index contributed by atoms with van der Waals surface area (Å²) in [6.07, 6.45) is 2.24. The third kappa shape index (κ3) is 2.77. The van der Waals surface area contributed by atoms with Gasteiger partial charge in [-0.15, -0.1) is 21.5 Å². The average molecular weight is 348 g/mol. The number of nitrogens with zero attached hydrogens (tertiary/aromatic N) is 4. The Bertz CT molecular complexity index is 963. The lowest BCUT2D eigenvalue weighted by atomic mass is 9.99. The molecule has 2 heterocycles. The Morgan fingerprint density at radius 3 is 2.72 bits per heavy atom. The molecule has 6 heteroatoms. The predicted molar refractivity (Wildman–Crippen MR) is 95.4 cm³/mol. The van der Waals surface area contributed by atoms with Crippen LogP contribution in [0.15, 0.2) is 41.8 Å². The summed E-state index contributed by atoms with van der Waals surface area (Å²) in [7, 11) is 1.80. The van der Waals surface area contributed by atoms with Crippen molar-refractivity contribution < 1.29 is 4.79 Å². The highest BCUT2D eigenvalue weighted by molar-refractivity contribution is 7.12. The van der Waals surface area contributed by atoms with Crippen LogP contribution in [0.2, 0.25) is 0 Å². The molecule has 124 valence electrons. The van der Waals surface area contributed by atoms with E-state index in [1.54, 1.807) is 11.6 Å². The van der Waals surface area contributed by atoms with Crippen molar-refractivity contribution in [3.05, 3.63) is 58.0 Å². The van der Waals surface area contributed by atoms with E-state index < -0.39 is 5.92 Å². The lowest BCUT2D eigenvalue weighted by molar-refractivity contribution is 0.0978. The summed E-state index contributed by atoms with van der Waals surface area (Å²) < 4.78 is 1.74. The zero-order valence-corrected chi connectivity index (χ0v) is 14.5. The number of thiophene rings is 1. The second kappa shape index (κ2) is 6.26. The lowest BCUT2D eigenvalue weighted by Gasteiger charge is -2.09. The zero-order valence-electron chi connectivity index (χ0n) is 13.7. The van der Waals surface area contributed by atoms with E-state index in [1.165, 1.54) is 11.3 Å². The third-order valence-electron chi connectivity index (χ3n) is 4.53. The summed E-state index contributed by atoms with van der Waals surface area (Å²) in [6, 6.07) is 13.8. The van der Waals surface area contributed by atoms with Gasteiger partial charge in [-0.1, -0.05) is 30.3 Å². The minimum Gasteiger partial charge on any atom is -0.313 e. The number of hydrogen-bond donors (Lipinski definition) is 0. The first kappa shape index (κ1) is 15.7. The average Bonchev–Trinajstić information content (AvgIpc) is 3.25. The van der Waals surface area contributed by atoms with Gasteiger partial charge < -0.3 is 4.57 Å². The monoisotopic (exact) mass is 348 g/mol. The van der Waals surface area contributed by atoms with Gasteiger partial charge in [-0.2, -0.15) is 5.26 Å². The highest BCUT2D eigenvalue weighted by Crippen LogP contribution is 2.44. The van der Waals surface area contributed by atoms with Crippen LogP contribution in [0.4, 0.5) is 0 Å². The predicted octanol–water partition coefficient (Wildman–Crippen LogP) is 3.91. The Kier molecular flexibility index (Phi) is 3.94. The molecule has 25 heavy (non-hydrogen) atoms. The standard InChI is InChI=1S/C19H16N4OS/c1-23-18(13-5-3-2-4-6-13)21-22-19(23)15(11-20)16(24)17-14(9-10-25-17)12-7-8-12/h2-6,9-10,12,15H,7-8H2,1H3/t15-/m1/s1. The molecule has 0 aliphatic heterocycles. The first-order valence-corrected chi connectivity index (χ1v) is 9.04. The molecule has 1 fully saturated rings. The molecule has 0 N–H and O–H groups in total. The van der Waals surface area contributed by atoms with Gasteiger partial charge in [-0.25, -0.2) is 0 Å². The van der Waals surface area contributed by atoms with E-state index in [0.717, 1.165) is 24.0 Å². The molecular weight excluding hydrogens is 332 g/mol. The molecule has 1 aliphatic rings. The molecular formula is C19H16N4OS. The van der Waals surface area contributed by atoms with Crippen LogP contribution in [0.1, 0.15) is 45.7 Å². The first-order valence-electron chi connectivity index (χ1n) is 8.16. The SMILES string of the molecule is Cn1c(-c2ccccc2)nnc1[C@H](C#N)C(=O)c1sccc1C1CC1. The van der Waals surface area contributed by atoms with Crippen molar-refractivity contribution in [3.8, 4) is 17.5 Å². The quantitative estimate of drug-likeness (QED) is 0.655. The molecule has 1 saturated carbocycles. The Balaban J connectivity index is 1.70. The summed E-state index contributed by atoms with van der Waals surface area (Å²) in [5.41, 5.74) is 1.99. The molecule has 4 rings (SSSR count). The summed E-state index contributed by atoms with van der Waals surface area (Å²) in [5, 5.41) is 19.9. The van der Waals surface area contributed by atoms with Crippen molar-refractivity contribution in [2.45, 2.75) is 24.7 Å². The van der Waals surface area contributed by atoms with Gasteiger partial charge in [0.15, 0.2) is 23.3 Å². The Morgan fingerprint density at radius 2 is 2.04 bits per heavy atom. The Hall–Kier alpha value is -2.78. The fourth-order valence-electron chi connectivity index (χ4n) is 3.03. The third-order valence-corrected chi connectivity index (χ3v) is 5.47. The fourth-order valence-corrected chi connectivity index (χ4v) is 3.99. The van der Waals surface area contributed by atoms with Crippen LogP contribution in [-0.4, -0.2) is 20.5 Å². The topological polar surface area (TPSA) is 71.6 Å². The van der Waals surface area contributed by atoms with Crippen molar-refractivity contribution in [2.24, 2.45) is 7.05 Å². The number of benzene rings is 1. The lowest BCUT2D eigenvalue weighted by Crippen LogP contribution is -2.16. The zero-order chi connectivity index (χ0) is 17.4. The number of ketones is 1. The number of aromatic nitrogens is 3. The Morgan fingerprint density at radius 1 is 1.28 bits per heavy atom. The highest BCUT2D eigenvalue weighted by atomic mass is 32.1. The van der Waals surface area contributed by atoms with E-state index >= 15 is 0 Å². The van der Waals surface area contributed by atoms with Crippen LogP contribution in [0.5, 0.6) is 0 Å². The summed E-state index contributed by atoms with van der Waals surface area (Å²) in [5.74, 6) is 0.406. The molecule has 0 amide bonds. The maximum atomic E-state index is 13.0. The van der Waals surface area contributed by atoms with E-state index in [1.807, 2.05) is 41.8 Å². The molecule has 0 bridgehead atoms. The minimum atomic E-state index is -0.939. The van der Waals surface area contributed by atoms with E-state index in [-0.39, 0.29) is 5.78 Å². The fraction of sp³-hybridized carbons (Fsp3) is 0.263. The van der Waals surface area contributed by atoms with Crippen LogP contribution < -0.4 is 0 Å². The molecule has 1 atom stereocenters. The van der Waals surface area contributed by atoms with Crippen LogP contribution in [0.25, 0.3) is 11.4 Å². The molecule has 0 saturated heterocycles. The molecule has 2 aromatic heterocycles. The van der Waals surface area contributed by atoms with Crippen molar-refractivity contribution in [2.75, 3.05) is 0 Å². The molecule has 3 aromatic rings. The summed E-state index contributed by atoms with van der Waals surface area (Å²) >= 11 is 1.42. The number of carbonyl (C=O) groups excluding carboxylic acids is 1. The summed E-state index contributed by atoms with van der Waals surface area (Å²) in [6.45, 7) is 0. The van der Waals surface area contributed by atoms with Gasteiger partial charge in [0.25, 0.3) is 0 Å². The van der Waals surface area contributed by atoms with Crippen molar-refractivity contribution in [1.82, 2.24) is 14.8 Å². The maximum Gasteiger partial charge on any atom is 0.197 e. The van der Waals surface area contributed by atoms with E-state index in [4.69, 9.17) is 0 Å².